The largest absolute Gasteiger partial charge is 0.497 e. The van der Waals surface area contributed by atoms with Gasteiger partial charge in [-0.25, -0.2) is 0 Å². The molecule has 0 aliphatic rings. The first kappa shape index (κ1) is 13.3. The van der Waals surface area contributed by atoms with Crippen molar-refractivity contribution in [2.24, 2.45) is 5.73 Å². The van der Waals surface area contributed by atoms with Crippen LogP contribution in [0.15, 0.2) is 16.6 Å². The minimum atomic E-state index is -0.273. The van der Waals surface area contributed by atoms with Crippen LogP contribution in [0, 0.1) is 0 Å². The van der Waals surface area contributed by atoms with Gasteiger partial charge in [0.1, 0.15) is 11.5 Å². The fourth-order valence-electron chi connectivity index (χ4n) is 1.51. The van der Waals surface area contributed by atoms with Crippen LogP contribution in [0.25, 0.3) is 0 Å². The predicted molar refractivity (Wildman–Crippen MR) is 69.2 cm³/mol. The Morgan fingerprint density at radius 1 is 1.25 bits per heavy atom. The zero-order chi connectivity index (χ0) is 12.3. The molecule has 0 atom stereocenters. The number of methoxy groups -OCH3 is 2. The van der Waals surface area contributed by atoms with Gasteiger partial charge in [-0.05, 0) is 26.3 Å². The van der Waals surface area contributed by atoms with Gasteiger partial charge in [0.2, 0.25) is 0 Å². The molecule has 0 radical (unpaired) electrons. The van der Waals surface area contributed by atoms with Crippen LogP contribution in [-0.2, 0) is 6.42 Å². The monoisotopic (exact) mass is 287 g/mol. The molecule has 2 N–H and O–H groups in total. The molecule has 0 fully saturated rings. The highest BCUT2D eigenvalue weighted by Crippen LogP contribution is 2.34. The zero-order valence-electron chi connectivity index (χ0n) is 10.1. The van der Waals surface area contributed by atoms with E-state index in [-0.39, 0.29) is 5.54 Å². The predicted octanol–water partition coefficient (Wildman–Crippen LogP) is 2.75. The lowest BCUT2D eigenvalue weighted by molar-refractivity contribution is 0.385. The Morgan fingerprint density at radius 3 is 2.31 bits per heavy atom. The van der Waals surface area contributed by atoms with Crippen LogP contribution < -0.4 is 15.2 Å². The lowest BCUT2D eigenvalue weighted by Gasteiger charge is -2.21. The molecule has 0 saturated heterocycles. The fraction of sp³-hybridized carbons (Fsp3) is 0.500. The van der Waals surface area contributed by atoms with Crippen LogP contribution in [0.5, 0.6) is 11.5 Å². The highest BCUT2D eigenvalue weighted by molar-refractivity contribution is 9.10. The van der Waals surface area contributed by atoms with E-state index in [2.05, 4.69) is 15.9 Å². The molecule has 0 amide bonds. The Labute approximate surface area is 105 Å². The van der Waals surface area contributed by atoms with Gasteiger partial charge >= 0.3 is 0 Å². The summed E-state index contributed by atoms with van der Waals surface area (Å²) in [5, 5.41) is 0. The van der Waals surface area contributed by atoms with E-state index in [1.54, 1.807) is 14.2 Å². The average Bonchev–Trinajstić information content (AvgIpc) is 2.19. The van der Waals surface area contributed by atoms with Crippen molar-refractivity contribution in [3.05, 3.63) is 22.2 Å². The standard InChI is InChI=1S/C12H18BrNO2/c1-12(2,14)7-9-10(13)5-8(15-3)6-11(9)16-4/h5-6H,7,14H2,1-4H3. The molecule has 0 aromatic heterocycles. The molecule has 0 bridgehead atoms. The molecule has 0 unspecified atom stereocenters. The van der Waals surface area contributed by atoms with Gasteiger partial charge in [-0.3, -0.25) is 0 Å². The van der Waals surface area contributed by atoms with Crippen LogP contribution in [0.3, 0.4) is 0 Å². The first-order valence-electron chi connectivity index (χ1n) is 5.06. The molecule has 90 valence electrons. The molecule has 0 saturated carbocycles. The second-order valence-corrected chi connectivity index (χ2v) is 5.31. The number of ether oxygens (including phenoxy) is 2. The van der Waals surface area contributed by atoms with Crippen molar-refractivity contribution in [1.82, 2.24) is 0 Å². The van der Waals surface area contributed by atoms with Gasteiger partial charge < -0.3 is 15.2 Å². The molecule has 1 aromatic rings. The van der Waals surface area contributed by atoms with Crippen molar-refractivity contribution in [3.63, 3.8) is 0 Å². The quantitative estimate of drug-likeness (QED) is 0.926. The van der Waals surface area contributed by atoms with Crippen molar-refractivity contribution in [3.8, 4) is 11.5 Å². The van der Waals surface area contributed by atoms with Gasteiger partial charge in [-0.2, -0.15) is 0 Å². The van der Waals surface area contributed by atoms with E-state index in [1.165, 1.54) is 0 Å². The molecule has 4 heteroatoms. The highest BCUT2D eigenvalue weighted by Gasteiger charge is 2.18. The van der Waals surface area contributed by atoms with Crippen LogP contribution in [-0.4, -0.2) is 19.8 Å². The third kappa shape index (κ3) is 3.39. The molecule has 0 spiro atoms. The SMILES string of the molecule is COc1cc(Br)c(CC(C)(C)N)c(OC)c1. The summed E-state index contributed by atoms with van der Waals surface area (Å²) in [4.78, 5) is 0. The summed E-state index contributed by atoms with van der Waals surface area (Å²) in [7, 11) is 3.28. The maximum absolute atomic E-state index is 6.02. The summed E-state index contributed by atoms with van der Waals surface area (Å²) in [6.45, 7) is 3.98. The zero-order valence-corrected chi connectivity index (χ0v) is 11.7. The first-order chi connectivity index (χ1) is 7.37. The van der Waals surface area contributed by atoms with E-state index in [1.807, 2.05) is 26.0 Å². The van der Waals surface area contributed by atoms with Crippen molar-refractivity contribution in [1.29, 1.82) is 0 Å². The summed E-state index contributed by atoms with van der Waals surface area (Å²) in [5.74, 6) is 1.56. The van der Waals surface area contributed by atoms with E-state index in [0.717, 1.165) is 28.0 Å². The van der Waals surface area contributed by atoms with Gasteiger partial charge in [0, 0.05) is 21.6 Å². The van der Waals surface area contributed by atoms with Crippen LogP contribution in [0.4, 0.5) is 0 Å². The second-order valence-electron chi connectivity index (χ2n) is 4.46. The average molecular weight is 288 g/mol. The van der Waals surface area contributed by atoms with Gasteiger partial charge in [-0.15, -0.1) is 0 Å². The van der Waals surface area contributed by atoms with Gasteiger partial charge in [0.25, 0.3) is 0 Å². The molecule has 0 aliphatic heterocycles. The molecule has 0 aliphatic carbocycles. The Hall–Kier alpha value is -0.740. The van der Waals surface area contributed by atoms with E-state index < -0.39 is 0 Å². The van der Waals surface area contributed by atoms with Crippen LogP contribution in [0.2, 0.25) is 0 Å². The maximum atomic E-state index is 6.02. The van der Waals surface area contributed by atoms with Gasteiger partial charge in [-0.1, -0.05) is 15.9 Å². The normalized spacial score (nSPS) is 11.4. The minimum absolute atomic E-state index is 0.273. The van der Waals surface area contributed by atoms with E-state index in [0.29, 0.717) is 0 Å². The number of hydrogen-bond donors (Lipinski definition) is 1. The third-order valence-corrected chi connectivity index (χ3v) is 2.92. The molecular formula is C12H18BrNO2. The van der Waals surface area contributed by atoms with Crippen molar-refractivity contribution < 1.29 is 9.47 Å². The minimum Gasteiger partial charge on any atom is -0.497 e. The van der Waals surface area contributed by atoms with E-state index in [9.17, 15) is 0 Å². The van der Waals surface area contributed by atoms with E-state index in [4.69, 9.17) is 15.2 Å². The summed E-state index contributed by atoms with van der Waals surface area (Å²) in [5.41, 5.74) is 6.82. The summed E-state index contributed by atoms with van der Waals surface area (Å²) in [6, 6.07) is 3.79. The number of rotatable bonds is 4. The van der Waals surface area contributed by atoms with Crippen molar-refractivity contribution >= 4 is 15.9 Å². The Bertz CT molecular complexity index is 372. The molecule has 0 heterocycles. The van der Waals surface area contributed by atoms with Crippen LogP contribution in [0.1, 0.15) is 19.4 Å². The molecular weight excluding hydrogens is 270 g/mol. The molecule has 1 aromatic carbocycles. The summed E-state index contributed by atoms with van der Waals surface area (Å²) >= 11 is 3.52. The number of nitrogens with two attached hydrogens (primary N) is 1. The van der Waals surface area contributed by atoms with Gasteiger partial charge in [0.15, 0.2) is 0 Å². The highest BCUT2D eigenvalue weighted by atomic mass is 79.9. The Kier molecular flexibility index (Phi) is 4.21. The summed E-state index contributed by atoms with van der Waals surface area (Å²) < 4.78 is 11.5. The number of hydrogen-bond acceptors (Lipinski definition) is 3. The van der Waals surface area contributed by atoms with Crippen molar-refractivity contribution in [2.45, 2.75) is 25.8 Å². The second kappa shape index (κ2) is 5.06. The van der Waals surface area contributed by atoms with Gasteiger partial charge in [0.05, 0.1) is 14.2 Å². The maximum Gasteiger partial charge on any atom is 0.126 e. The molecule has 16 heavy (non-hydrogen) atoms. The fourth-order valence-corrected chi connectivity index (χ4v) is 2.08. The third-order valence-electron chi connectivity index (χ3n) is 2.22. The van der Waals surface area contributed by atoms with E-state index >= 15 is 0 Å². The van der Waals surface area contributed by atoms with Crippen molar-refractivity contribution in [2.75, 3.05) is 14.2 Å². The molecule has 1 rings (SSSR count). The smallest absolute Gasteiger partial charge is 0.126 e. The lowest BCUT2D eigenvalue weighted by atomic mass is 9.95. The Morgan fingerprint density at radius 2 is 1.88 bits per heavy atom. The number of halogens is 1. The lowest BCUT2D eigenvalue weighted by Crippen LogP contribution is -2.34. The Balaban J connectivity index is 3.16. The number of benzene rings is 1. The first-order valence-corrected chi connectivity index (χ1v) is 5.86. The van der Waals surface area contributed by atoms with Crippen LogP contribution >= 0.6 is 15.9 Å². The topological polar surface area (TPSA) is 44.5 Å². The summed E-state index contributed by atoms with van der Waals surface area (Å²) in [6.07, 6.45) is 0.737. The molecule has 3 nitrogen and oxygen atoms in total.